The summed E-state index contributed by atoms with van der Waals surface area (Å²) in [6, 6.07) is 8.79. The molecule has 1 atom stereocenters. The van der Waals surface area contributed by atoms with Crippen LogP contribution >= 0.6 is 31.9 Å². The van der Waals surface area contributed by atoms with E-state index < -0.39 is 0 Å². The van der Waals surface area contributed by atoms with Crippen LogP contribution in [-0.2, 0) is 0 Å². The van der Waals surface area contributed by atoms with E-state index in [2.05, 4.69) is 63.0 Å². The summed E-state index contributed by atoms with van der Waals surface area (Å²) in [7, 11) is 0. The van der Waals surface area contributed by atoms with E-state index in [1.165, 1.54) is 61.4 Å². The van der Waals surface area contributed by atoms with Crippen molar-refractivity contribution in [2.24, 2.45) is 0 Å². The van der Waals surface area contributed by atoms with Gasteiger partial charge in [-0.2, -0.15) is 0 Å². The van der Waals surface area contributed by atoms with Gasteiger partial charge in [-0.25, -0.2) is 0 Å². The van der Waals surface area contributed by atoms with Crippen molar-refractivity contribution in [3.05, 3.63) is 34.3 Å². The van der Waals surface area contributed by atoms with E-state index in [-0.39, 0.29) is 0 Å². The molecule has 0 aliphatic rings. The van der Waals surface area contributed by atoms with Gasteiger partial charge < -0.3 is 0 Å². The molecule has 0 saturated carbocycles. The van der Waals surface area contributed by atoms with E-state index in [0.29, 0.717) is 5.92 Å². The minimum Gasteiger partial charge on any atom is -0.0921 e. The number of unbranched alkanes of at least 4 members (excludes halogenated alkanes) is 6. The lowest BCUT2D eigenvalue weighted by Crippen LogP contribution is -2.00. The molecule has 0 aromatic heterocycles. The van der Waals surface area contributed by atoms with Crippen LogP contribution in [-0.4, -0.2) is 5.33 Å². The van der Waals surface area contributed by atoms with E-state index in [9.17, 15) is 0 Å². The van der Waals surface area contributed by atoms with Crippen LogP contribution in [0.25, 0.3) is 0 Å². The van der Waals surface area contributed by atoms with Gasteiger partial charge in [-0.05, 0) is 30.0 Å². The summed E-state index contributed by atoms with van der Waals surface area (Å²) in [5, 5.41) is 1.07. The van der Waals surface area contributed by atoms with Gasteiger partial charge in [0.15, 0.2) is 0 Å². The second-order valence-electron chi connectivity index (χ2n) is 5.31. The summed E-state index contributed by atoms with van der Waals surface area (Å²) < 4.78 is 1.17. The zero-order valence-electron chi connectivity index (χ0n) is 12.0. The van der Waals surface area contributed by atoms with Crippen molar-refractivity contribution >= 4 is 31.9 Å². The molecule has 1 unspecified atom stereocenters. The number of benzene rings is 1. The van der Waals surface area contributed by atoms with E-state index in [1.807, 2.05) is 0 Å². The second kappa shape index (κ2) is 10.9. The monoisotopic (exact) mass is 388 g/mol. The largest absolute Gasteiger partial charge is 0.0921 e. The SMILES string of the molecule is CCCCCCCCCC(CBr)c1ccc(Br)cc1. The van der Waals surface area contributed by atoms with E-state index in [1.54, 1.807) is 0 Å². The highest BCUT2D eigenvalue weighted by molar-refractivity contribution is 9.10. The lowest BCUT2D eigenvalue weighted by molar-refractivity contribution is 0.553. The summed E-state index contributed by atoms with van der Waals surface area (Å²) in [6.45, 7) is 2.28. The first-order valence-electron chi connectivity index (χ1n) is 7.59. The number of hydrogen-bond donors (Lipinski definition) is 0. The highest BCUT2D eigenvalue weighted by Crippen LogP contribution is 2.26. The van der Waals surface area contributed by atoms with Gasteiger partial charge in [0.1, 0.15) is 0 Å². The second-order valence-corrected chi connectivity index (χ2v) is 6.88. The molecule has 0 heterocycles. The molecule has 0 fully saturated rings. The van der Waals surface area contributed by atoms with Gasteiger partial charge in [-0.3, -0.25) is 0 Å². The molecule has 0 saturated heterocycles. The fourth-order valence-electron chi connectivity index (χ4n) is 2.42. The molecule has 0 bridgehead atoms. The smallest absolute Gasteiger partial charge is 0.0175 e. The molecule has 1 aromatic carbocycles. The maximum Gasteiger partial charge on any atom is 0.0175 e. The van der Waals surface area contributed by atoms with Gasteiger partial charge in [0.25, 0.3) is 0 Å². The Morgan fingerprint density at radius 1 is 0.895 bits per heavy atom. The summed E-state index contributed by atoms with van der Waals surface area (Å²) in [5.41, 5.74) is 1.46. The molecule has 1 aromatic rings. The molecule has 1 rings (SSSR count). The predicted molar refractivity (Wildman–Crippen MR) is 93.3 cm³/mol. The van der Waals surface area contributed by atoms with Crippen molar-refractivity contribution in [1.29, 1.82) is 0 Å². The first-order valence-corrected chi connectivity index (χ1v) is 9.50. The Morgan fingerprint density at radius 3 is 2.05 bits per heavy atom. The summed E-state index contributed by atoms with van der Waals surface area (Å²) >= 11 is 7.16. The Kier molecular flexibility index (Phi) is 9.89. The molecule has 0 aliphatic heterocycles. The van der Waals surface area contributed by atoms with Crippen LogP contribution in [0.4, 0.5) is 0 Å². The van der Waals surface area contributed by atoms with Crippen LogP contribution in [0, 0.1) is 0 Å². The normalized spacial score (nSPS) is 12.6. The van der Waals surface area contributed by atoms with Crippen molar-refractivity contribution in [2.75, 3.05) is 5.33 Å². The van der Waals surface area contributed by atoms with Crippen molar-refractivity contribution in [1.82, 2.24) is 0 Å². The zero-order valence-corrected chi connectivity index (χ0v) is 15.2. The van der Waals surface area contributed by atoms with Crippen LogP contribution in [0.3, 0.4) is 0 Å². The number of rotatable bonds is 10. The fourth-order valence-corrected chi connectivity index (χ4v) is 3.38. The third kappa shape index (κ3) is 7.51. The first-order chi connectivity index (χ1) is 9.27. The van der Waals surface area contributed by atoms with Gasteiger partial charge in [-0.15, -0.1) is 0 Å². The average Bonchev–Trinajstić information content (AvgIpc) is 2.43. The topological polar surface area (TPSA) is 0 Å². The first kappa shape index (κ1) is 17.2. The Labute approximate surface area is 135 Å². The highest BCUT2D eigenvalue weighted by atomic mass is 79.9. The number of alkyl halides is 1. The van der Waals surface area contributed by atoms with Crippen molar-refractivity contribution in [3.63, 3.8) is 0 Å². The van der Waals surface area contributed by atoms with Crippen LogP contribution in [0.15, 0.2) is 28.7 Å². The molecule has 0 amide bonds. The van der Waals surface area contributed by atoms with Crippen molar-refractivity contribution in [3.8, 4) is 0 Å². The molecule has 0 nitrogen and oxygen atoms in total. The Hall–Kier alpha value is 0.180. The highest BCUT2D eigenvalue weighted by Gasteiger charge is 2.09. The Balaban J connectivity index is 2.20. The molecule has 2 heteroatoms. The summed E-state index contributed by atoms with van der Waals surface area (Å²) in [4.78, 5) is 0. The molecular formula is C17H26Br2. The fraction of sp³-hybridized carbons (Fsp3) is 0.647. The Morgan fingerprint density at radius 2 is 1.47 bits per heavy atom. The minimum absolute atomic E-state index is 0.670. The van der Waals surface area contributed by atoms with E-state index in [0.717, 1.165) is 5.33 Å². The molecule has 19 heavy (non-hydrogen) atoms. The van der Waals surface area contributed by atoms with Gasteiger partial charge in [0.2, 0.25) is 0 Å². The van der Waals surface area contributed by atoms with Gasteiger partial charge in [0, 0.05) is 9.80 Å². The molecule has 0 spiro atoms. The Bertz CT molecular complexity index is 319. The van der Waals surface area contributed by atoms with E-state index >= 15 is 0 Å². The maximum atomic E-state index is 3.66. The van der Waals surface area contributed by atoms with Crippen molar-refractivity contribution in [2.45, 2.75) is 64.2 Å². The van der Waals surface area contributed by atoms with Gasteiger partial charge in [-0.1, -0.05) is 95.9 Å². The van der Waals surface area contributed by atoms with Gasteiger partial charge in [0.05, 0.1) is 0 Å². The standard InChI is InChI=1S/C17H26Br2/c1-2-3-4-5-6-7-8-9-16(14-18)15-10-12-17(19)13-11-15/h10-13,16H,2-9,14H2,1H3. The summed E-state index contributed by atoms with van der Waals surface area (Å²) in [5.74, 6) is 0.670. The molecular weight excluding hydrogens is 364 g/mol. The molecule has 108 valence electrons. The van der Waals surface area contributed by atoms with E-state index in [4.69, 9.17) is 0 Å². The molecule has 0 radical (unpaired) electrons. The lowest BCUT2D eigenvalue weighted by atomic mass is 9.94. The van der Waals surface area contributed by atoms with Crippen LogP contribution in [0.1, 0.15) is 69.8 Å². The molecule has 0 N–H and O–H groups in total. The van der Waals surface area contributed by atoms with Crippen molar-refractivity contribution < 1.29 is 0 Å². The molecule has 0 aliphatic carbocycles. The third-order valence-electron chi connectivity index (χ3n) is 3.68. The lowest BCUT2D eigenvalue weighted by Gasteiger charge is -2.14. The number of halogens is 2. The summed E-state index contributed by atoms with van der Waals surface area (Å²) in [6.07, 6.45) is 11.1. The third-order valence-corrected chi connectivity index (χ3v) is 4.99. The average molecular weight is 390 g/mol. The zero-order chi connectivity index (χ0) is 13.9. The van der Waals surface area contributed by atoms with Crippen LogP contribution in [0.2, 0.25) is 0 Å². The minimum atomic E-state index is 0.670. The van der Waals surface area contributed by atoms with Crippen LogP contribution in [0.5, 0.6) is 0 Å². The quantitative estimate of drug-likeness (QED) is 0.296. The predicted octanol–water partition coefficient (Wildman–Crippen LogP) is 7.07. The maximum absolute atomic E-state index is 3.66. The van der Waals surface area contributed by atoms with Crippen LogP contribution < -0.4 is 0 Å². The number of hydrogen-bond acceptors (Lipinski definition) is 0. The van der Waals surface area contributed by atoms with Gasteiger partial charge >= 0.3 is 0 Å².